The van der Waals surface area contributed by atoms with Crippen LogP contribution in [-0.2, 0) is 0 Å². The van der Waals surface area contributed by atoms with E-state index < -0.39 is 0 Å². The monoisotopic (exact) mass is 261 g/mol. The molecule has 3 rings (SSSR count). The average Bonchev–Trinajstić information content (AvgIpc) is 3.26. The van der Waals surface area contributed by atoms with Crippen molar-refractivity contribution in [3.8, 4) is 0 Å². The van der Waals surface area contributed by atoms with Gasteiger partial charge in [-0.3, -0.25) is 0 Å². The smallest absolute Gasteiger partial charge is 0.223 e. The van der Waals surface area contributed by atoms with Gasteiger partial charge in [-0.05, 0) is 43.4 Å². The lowest BCUT2D eigenvalue weighted by atomic mass is 10.0. The highest BCUT2D eigenvalue weighted by atomic mass is 15.1. The van der Waals surface area contributed by atoms with Crippen molar-refractivity contribution in [3.63, 3.8) is 0 Å². The maximum absolute atomic E-state index is 5.76. The minimum absolute atomic E-state index is 0.333. The fraction of sp³-hybridized carbons (Fsp3) is 0.714. The Morgan fingerprint density at radius 3 is 2.53 bits per heavy atom. The van der Waals surface area contributed by atoms with Gasteiger partial charge in [-0.1, -0.05) is 6.92 Å². The van der Waals surface area contributed by atoms with E-state index in [-0.39, 0.29) is 0 Å². The first-order valence-corrected chi connectivity index (χ1v) is 7.34. The van der Waals surface area contributed by atoms with Gasteiger partial charge >= 0.3 is 0 Å². The molecule has 0 aliphatic heterocycles. The van der Waals surface area contributed by atoms with Crippen LogP contribution in [-0.4, -0.2) is 23.1 Å². The molecule has 0 unspecified atom stereocenters. The van der Waals surface area contributed by atoms with Gasteiger partial charge in [-0.2, -0.15) is 9.97 Å². The van der Waals surface area contributed by atoms with E-state index in [0.717, 1.165) is 37.1 Å². The quantitative estimate of drug-likeness (QED) is 0.703. The van der Waals surface area contributed by atoms with Gasteiger partial charge in [0.15, 0.2) is 0 Å². The van der Waals surface area contributed by atoms with E-state index in [1.807, 2.05) is 6.07 Å². The van der Waals surface area contributed by atoms with Crippen molar-refractivity contribution in [2.24, 2.45) is 11.3 Å². The Hall–Kier alpha value is -1.52. The number of nitrogens with one attached hydrogen (secondary N) is 2. The van der Waals surface area contributed by atoms with E-state index in [9.17, 15) is 0 Å². The zero-order chi connectivity index (χ0) is 13.3. The molecule has 1 aromatic heterocycles. The molecule has 0 bridgehead atoms. The molecule has 2 saturated carbocycles. The SMILES string of the molecule is CCCNc1cc(NCC2(C3CC3)CC2)nc(N)n1. The molecule has 1 heterocycles. The van der Waals surface area contributed by atoms with E-state index in [1.165, 1.54) is 25.7 Å². The summed E-state index contributed by atoms with van der Waals surface area (Å²) in [4.78, 5) is 8.46. The number of hydrogen-bond donors (Lipinski definition) is 3. The molecule has 104 valence electrons. The second-order valence-corrected chi connectivity index (χ2v) is 5.91. The van der Waals surface area contributed by atoms with Crippen LogP contribution in [0.3, 0.4) is 0 Å². The molecule has 0 amide bonds. The zero-order valence-corrected chi connectivity index (χ0v) is 11.6. The summed E-state index contributed by atoms with van der Waals surface area (Å²) in [7, 11) is 0. The van der Waals surface area contributed by atoms with Crippen LogP contribution in [0, 0.1) is 11.3 Å². The lowest BCUT2D eigenvalue weighted by Crippen LogP contribution is -2.18. The van der Waals surface area contributed by atoms with Gasteiger partial charge in [-0.15, -0.1) is 0 Å². The summed E-state index contributed by atoms with van der Waals surface area (Å²) in [6.07, 6.45) is 6.63. The van der Waals surface area contributed by atoms with Crippen LogP contribution in [0.4, 0.5) is 17.6 Å². The highest BCUT2D eigenvalue weighted by molar-refractivity contribution is 5.51. The van der Waals surface area contributed by atoms with Crippen molar-refractivity contribution in [2.75, 3.05) is 29.5 Å². The van der Waals surface area contributed by atoms with Crippen LogP contribution in [0.25, 0.3) is 0 Å². The van der Waals surface area contributed by atoms with Crippen LogP contribution >= 0.6 is 0 Å². The Labute approximate surface area is 114 Å². The summed E-state index contributed by atoms with van der Waals surface area (Å²) >= 11 is 0. The van der Waals surface area contributed by atoms with E-state index in [4.69, 9.17) is 5.73 Å². The van der Waals surface area contributed by atoms with Crippen LogP contribution in [0.2, 0.25) is 0 Å². The van der Waals surface area contributed by atoms with Crippen LogP contribution in [0.1, 0.15) is 39.0 Å². The summed E-state index contributed by atoms with van der Waals surface area (Å²) in [6.45, 7) is 4.06. The lowest BCUT2D eigenvalue weighted by molar-refractivity contribution is 0.466. The van der Waals surface area contributed by atoms with Gasteiger partial charge in [-0.25, -0.2) is 0 Å². The third-order valence-corrected chi connectivity index (χ3v) is 4.26. The molecule has 2 fully saturated rings. The molecule has 0 aromatic carbocycles. The van der Waals surface area contributed by atoms with Crippen LogP contribution in [0.15, 0.2) is 6.07 Å². The summed E-state index contributed by atoms with van der Waals surface area (Å²) in [5.41, 5.74) is 6.32. The van der Waals surface area contributed by atoms with E-state index in [2.05, 4.69) is 27.5 Å². The molecule has 1 aromatic rings. The van der Waals surface area contributed by atoms with Crippen molar-refractivity contribution in [1.29, 1.82) is 0 Å². The van der Waals surface area contributed by atoms with Crippen molar-refractivity contribution < 1.29 is 0 Å². The number of rotatable bonds is 7. The number of anilines is 3. The van der Waals surface area contributed by atoms with Crippen LogP contribution in [0.5, 0.6) is 0 Å². The van der Waals surface area contributed by atoms with Gasteiger partial charge < -0.3 is 16.4 Å². The Bertz CT molecular complexity index is 451. The number of nitrogens with two attached hydrogens (primary N) is 1. The molecular weight excluding hydrogens is 238 g/mol. The molecule has 5 nitrogen and oxygen atoms in total. The average molecular weight is 261 g/mol. The number of hydrogen-bond acceptors (Lipinski definition) is 5. The van der Waals surface area contributed by atoms with Crippen molar-refractivity contribution in [3.05, 3.63) is 6.07 Å². The van der Waals surface area contributed by atoms with Gasteiger partial charge in [0.25, 0.3) is 0 Å². The fourth-order valence-corrected chi connectivity index (χ4v) is 2.75. The van der Waals surface area contributed by atoms with Crippen LogP contribution < -0.4 is 16.4 Å². The van der Waals surface area contributed by atoms with E-state index in [0.29, 0.717) is 11.4 Å². The van der Waals surface area contributed by atoms with Gasteiger partial charge in [0, 0.05) is 19.2 Å². The van der Waals surface area contributed by atoms with Gasteiger partial charge in [0.05, 0.1) is 0 Å². The molecule has 0 saturated heterocycles. The largest absolute Gasteiger partial charge is 0.370 e. The molecule has 0 atom stereocenters. The Morgan fingerprint density at radius 1 is 1.26 bits per heavy atom. The predicted molar refractivity (Wildman–Crippen MR) is 78.1 cm³/mol. The maximum atomic E-state index is 5.76. The summed E-state index contributed by atoms with van der Waals surface area (Å²) in [5.74, 6) is 2.95. The van der Waals surface area contributed by atoms with Crippen molar-refractivity contribution in [2.45, 2.75) is 39.0 Å². The number of nitrogen functional groups attached to an aromatic ring is 1. The molecule has 2 aliphatic carbocycles. The minimum Gasteiger partial charge on any atom is -0.370 e. The Balaban J connectivity index is 1.61. The van der Waals surface area contributed by atoms with Crippen molar-refractivity contribution in [1.82, 2.24) is 9.97 Å². The Morgan fingerprint density at radius 2 is 1.95 bits per heavy atom. The second kappa shape index (κ2) is 4.87. The normalized spacial score (nSPS) is 20.1. The molecule has 19 heavy (non-hydrogen) atoms. The summed E-state index contributed by atoms with van der Waals surface area (Å²) in [5, 5.41) is 6.71. The Kier molecular flexibility index (Phi) is 3.21. The molecule has 4 N–H and O–H groups in total. The number of nitrogens with zero attached hydrogens (tertiary/aromatic N) is 2. The molecule has 2 aliphatic rings. The zero-order valence-electron chi connectivity index (χ0n) is 11.6. The fourth-order valence-electron chi connectivity index (χ4n) is 2.75. The van der Waals surface area contributed by atoms with Gasteiger partial charge in [0.2, 0.25) is 5.95 Å². The third-order valence-electron chi connectivity index (χ3n) is 4.26. The van der Waals surface area contributed by atoms with Crippen molar-refractivity contribution >= 4 is 17.6 Å². The first-order chi connectivity index (χ1) is 9.22. The van der Waals surface area contributed by atoms with Gasteiger partial charge in [0.1, 0.15) is 11.6 Å². The topological polar surface area (TPSA) is 75.9 Å². The lowest BCUT2D eigenvalue weighted by Gasteiger charge is -2.16. The molecule has 0 radical (unpaired) electrons. The molecule has 5 heteroatoms. The summed E-state index contributed by atoms with van der Waals surface area (Å²) < 4.78 is 0. The number of aromatic nitrogens is 2. The first-order valence-electron chi connectivity index (χ1n) is 7.34. The standard InChI is InChI=1S/C14H23N5/c1-2-7-16-11-8-12(19-13(15)18-11)17-9-14(5-6-14)10-3-4-10/h8,10H,2-7,9H2,1H3,(H4,15,16,17,18,19). The van der Waals surface area contributed by atoms with E-state index in [1.54, 1.807) is 0 Å². The van der Waals surface area contributed by atoms with E-state index >= 15 is 0 Å². The maximum Gasteiger partial charge on any atom is 0.223 e. The highest BCUT2D eigenvalue weighted by Gasteiger charge is 2.53. The second-order valence-electron chi connectivity index (χ2n) is 5.91. The molecule has 0 spiro atoms. The first kappa shape index (κ1) is 12.5. The molecular formula is C14H23N5. The minimum atomic E-state index is 0.333. The summed E-state index contributed by atoms with van der Waals surface area (Å²) in [6, 6.07) is 1.95. The third kappa shape index (κ3) is 2.91. The highest BCUT2D eigenvalue weighted by Crippen LogP contribution is 2.61. The predicted octanol–water partition coefficient (Wildman–Crippen LogP) is 2.48.